The predicted octanol–water partition coefficient (Wildman–Crippen LogP) is 6.36. The molecule has 0 saturated heterocycles. The van der Waals surface area contributed by atoms with Crippen molar-refractivity contribution in [1.29, 1.82) is 0 Å². The molecule has 0 unspecified atom stereocenters. The minimum Gasteiger partial charge on any atom is -0.486 e. The van der Waals surface area contributed by atoms with Crippen molar-refractivity contribution < 1.29 is 9.13 Å². The van der Waals surface area contributed by atoms with E-state index >= 15 is 0 Å². The molecule has 0 radical (unpaired) electrons. The largest absolute Gasteiger partial charge is 0.486 e. The monoisotopic (exact) mass is 516 g/mol. The molecule has 9 heteroatoms. The summed E-state index contributed by atoms with van der Waals surface area (Å²) in [6.07, 6.45) is 1.79. The molecule has 5 nitrogen and oxygen atoms in total. The third-order valence-electron chi connectivity index (χ3n) is 4.26. The van der Waals surface area contributed by atoms with Gasteiger partial charge in [0.2, 0.25) is 0 Å². The Kier molecular flexibility index (Phi) is 7.16. The third kappa shape index (κ3) is 5.61. The van der Waals surface area contributed by atoms with Crippen molar-refractivity contribution in [3.8, 4) is 16.3 Å². The first-order valence-electron chi connectivity index (χ1n) is 9.37. The van der Waals surface area contributed by atoms with Gasteiger partial charge in [-0.2, -0.15) is 0 Å². The van der Waals surface area contributed by atoms with Crippen LogP contribution in [0.2, 0.25) is 0 Å². The van der Waals surface area contributed by atoms with Crippen molar-refractivity contribution in [2.45, 2.75) is 24.1 Å². The second-order valence-corrected chi connectivity index (χ2v) is 9.20. The Bertz CT molecular complexity index is 1180. The first kappa shape index (κ1) is 21.7. The molecule has 0 aliphatic rings. The number of allylic oxidation sites excluding steroid dienone is 1. The van der Waals surface area contributed by atoms with Crippen LogP contribution in [0.4, 0.5) is 4.39 Å². The van der Waals surface area contributed by atoms with Crippen LogP contribution in [0.5, 0.6) is 5.75 Å². The van der Waals surface area contributed by atoms with E-state index in [1.165, 1.54) is 12.1 Å². The van der Waals surface area contributed by atoms with Crippen LogP contribution in [-0.2, 0) is 18.9 Å². The molecule has 0 bridgehead atoms. The average Bonchev–Trinajstić information content (AvgIpc) is 3.39. The number of halogens is 2. The van der Waals surface area contributed by atoms with Gasteiger partial charge < -0.3 is 4.74 Å². The van der Waals surface area contributed by atoms with E-state index in [9.17, 15) is 4.39 Å². The summed E-state index contributed by atoms with van der Waals surface area (Å²) in [6, 6.07) is 14.0. The lowest BCUT2D eigenvalue weighted by Crippen LogP contribution is -2.07. The van der Waals surface area contributed by atoms with E-state index in [1.807, 2.05) is 16.7 Å². The highest BCUT2D eigenvalue weighted by molar-refractivity contribution is 9.10. The fraction of sp³-hybridized carbons (Fsp3) is 0.136. The second-order valence-electron chi connectivity index (χ2n) is 6.48. The van der Waals surface area contributed by atoms with Crippen LogP contribution in [0.1, 0.15) is 11.5 Å². The molecule has 4 rings (SSSR count). The maximum Gasteiger partial charge on any atom is 0.191 e. The molecule has 0 N–H and O–H groups in total. The summed E-state index contributed by atoms with van der Waals surface area (Å²) in [5.41, 5.74) is 2.08. The zero-order valence-corrected chi connectivity index (χ0v) is 19.6. The molecule has 0 amide bonds. The van der Waals surface area contributed by atoms with Gasteiger partial charge in [-0.25, -0.2) is 9.37 Å². The number of rotatable bonds is 9. The van der Waals surface area contributed by atoms with Gasteiger partial charge in [0.25, 0.3) is 0 Å². The van der Waals surface area contributed by atoms with Gasteiger partial charge in [0.1, 0.15) is 23.2 Å². The Balaban J connectivity index is 1.42. The Morgan fingerprint density at radius 1 is 1.19 bits per heavy atom. The van der Waals surface area contributed by atoms with Gasteiger partial charge in [-0.15, -0.1) is 28.1 Å². The summed E-state index contributed by atoms with van der Waals surface area (Å²) in [6.45, 7) is 4.63. The fourth-order valence-corrected chi connectivity index (χ4v) is 4.97. The lowest BCUT2D eigenvalue weighted by Gasteiger charge is -2.09. The number of thioether (sulfide) groups is 1. The second kappa shape index (κ2) is 10.2. The molecule has 0 aliphatic heterocycles. The van der Waals surface area contributed by atoms with Crippen LogP contribution in [0.15, 0.2) is 76.2 Å². The minimum atomic E-state index is -0.300. The fourth-order valence-electron chi connectivity index (χ4n) is 2.79. The van der Waals surface area contributed by atoms with Gasteiger partial charge in [-0.3, -0.25) is 4.57 Å². The van der Waals surface area contributed by atoms with Crippen molar-refractivity contribution in [3.05, 3.63) is 88.4 Å². The van der Waals surface area contributed by atoms with Crippen LogP contribution >= 0.6 is 39.0 Å². The highest BCUT2D eigenvalue weighted by Crippen LogP contribution is 2.29. The summed E-state index contributed by atoms with van der Waals surface area (Å²) in [4.78, 5) is 4.75. The molecular formula is C22H18BrFN4OS2. The topological polar surface area (TPSA) is 52.8 Å². The van der Waals surface area contributed by atoms with Crippen molar-refractivity contribution in [2.24, 2.45) is 0 Å². The van der Waals surface area contributed by atoms with Crippen LogP contribution < -0.4 is 4.74 Å². The highest BCUT2D eigenvalue weighted by Gasteiger charge is 2.14. The zero-order valence-electron chi connectivity index (χ0n) is 16.4. The standard InChI is InChI=1S/C22H18BrFN4OS2/c1-2-10-28-20(12-29-19-8-6-17(24)7-9-19)26-27-22(28)31-14-18-13-30-21(25-18)15-4-3-5-16(23)11-15/h2-9,11,13H,1,10,12,14H2. The first-order valence-corrected chi connectivity index (χ1v) is 12.0. The number of hydrogen-bond donors (Lipinski definition) is 0. The Morgan fingerprint density at radius 2 is 2.03 bits per heavy atom. The SMILES string of the molecule is C=CCn1c(COc2ccc(F)cc2)nnc1SCc1csc(-c2cccc(Br)c2)n1. The zero-order chi connectivity index (χ0) is 21.6. The molecule has 158 valence electrons. The quantitative estimate of drug-likeness (QED) is 0.191. The molecule has 2 aromatic carbocycles. The van der Waals surface area contributed by atoms with E-state index in [2.05, 4.69) is 50.2 Å². The van der Waals surface area contributed by atoms with E-state index in [0.29, 0.717) is 23.9 Å². The smallest absolute Gasteiger partial charge is 0.191 e. The summed E-state index contributed by atoms with van der Waals surface area (Å²) in [7, 11) is 0. The predicted molar refractivity (Wildman–Crippen MR) is 126 cm³/mol. The molecule has 0 fully saturated rings. The Morgan fingerprint density at radius 3 is 2.81 bits per heavy atom. The summed E-state index contributed by atoms with van der Waals surface area (Å²) in [5, 5.41) is 12.4. The first-order chi connectivity index (χ1) is 15.1. The number of thiazole rings is 1. The van der Waals surface area contributed by atoms with Gasteiger partial charge in [0.05, 0.1) is 5.69 Å². The number of nitrogens with zero attached hydrogens (tertiary/aromatic N) is 4. The molecule has 4 aromatic rings. The van der Waals surface area contributed by atoms with Gasteiger partial charge in [0, 0.05) is 27.7 Å². The van der Waals surface area contributed by atoms with Crippen LogP contribution in [0.3, 0.4) is 0 Å². The summed E-state index contributed by atoms with van der Waals surface area (Å²) < 4.78 is 21.8. The number of hydrogen-bond acceptors (Lipinski definition) is 6. The lowest BCUT2D eigenvalue weighted by molar-refractivity contribution is 0.288. The molecule has 0 aliphatic carbocycles. The van der Waals surface area contributed by atoms with Crippen LogP contribution in [0, 0.1) is 5.82 Å². The van der Waals surface area contributed by atoms with Crippen LogP contribution in [0.25, 0.3) is 10.6 Å². The van der Waals surface area contributed by atoms with E-state index < -0.39 is 0 Å². The van der Waals surface area contributed by atoms with E-state index in [0.717, 1.165) is 25.9 Å². The Labute approximate surface area is 196 Å². The van der Waals surface area contributed by atoms with Crippen molar-refractivity contribution in [1.82, 2.24) is 19.7 Å². The normalized spacial score (nSPS) is 10.9. The summed E-state index contributed by atoms with van der Waals surface area (Å²) >= 11 is 6.69. The molecule has 2 heterocycles. The molecule has 31 heavy (non-hydrogen) atoms. The van der Waals surface area contributed by atoms with Crippen molar-refractivity contribution in [2.75, 3.05) is 0 Å². The van der Waals surface area contributed by atoms with Gasteiger partial charge in [-0.1, -0.05) is 45.9 Å². The molecule has 0 atom stereocenters. The van der Waals surface area contributed by atoms with Gasteiger partial charge in [-0.05, 0) is 36.4 Å². The van der Waals surface area contributed by atoms with Crippen molar-refractivity contribution >= 4 is 39.0 Å². The lowest BCUT2D eigenvalue weighted by atomic mass is 10.2. The number of benzene rings is 2. The van der Waals surface area contributed by atoms with Crippen molar-refractivity contribution in [3.63, 3.8) is 0 Å². The van der Waals surface area contributed by atoms with Gasteiger partial charge in [0.15, 0.2) is 11.0 Å². The third-order valence-corrected chi connectivity index (χ3v) is 6.69. The molecule has 0 saturated carbocycles. The summed E-state index contributed by atoms with van der Waals surface area (Å²) in [5.74, 6) is 1.63. The van der Waals surface area contributed by atoms with E-state index in [1.54, 1.807) is 41.3 Å². The molecular weight excluding hydrogens is 499 g/mol. The number of aromatic nitrogens is 4. The highest BCUT2D eigenvalue weighted by atomic mass is 79.9. The average molecular weight is 517 g/mol. The Hall–Kier alpha value is -2.49. The van der Waals surface area contributed by atoms with E-state index in [4.69, 9.17) is 9.72 Å². The minimum absolute atomic E-state index is 0.233. The molecule has 2 aromatic heterocycles. The maximum atomic E-state index is 13.1. The van der Waals surface area contributed by atoms with E-state index in [-0.39, 0.29) is 12.4 Å². The number of ether oxygens (including phenoxy) is 1. The maximum absolute atomic E-state index is 13.1. The van der Waals surface area contributed by atoms with Gasteiger partial charge >= 0.3 is 0 Å². The molecule has 0 spiro atoms. The van der Waals surface area contributed by atoms with Crippen LogP contribution in [-0.4, -0.2) is 19.7 Å².